The Morgan fingerprint density at radius 3 is 2.62 bits per heavy atom. The van der Waals surface area contributed by atoms with Crippen LogP contribution in [0, 0.1) is 0 Å². The summed E-state index contributed by atoms with van der Waals surface area (Å²) in [5.41, 5.74) is 0.959. The molecule has 0 bridgehead atoms. The van der Waals surface area contributed by atoms with Crippen LogP contribution in [-0.4, -0.2) is 55.0 Å². The number of phenols is 1. The molecule has 1 aliphatic heterocycles. The van der Waals surface area contributed by atoms with E-state index in [0.717, 1.165) is 31.7 Å². The normalized spacial score (nSPS) is 17.1. The van der Waals surface area contributed by atoms with Crippen molar-refractivity contribution in [2.75, 3.05) is 39.9 Å². The van der Waals surface area contributed by atoms with E-state index in [1.54, 1.807) is 12.1 Å². The zero-order valence-corrected chi connectivity index (χ0v) is 13.6. The highest BCUT2D eigenvalue weighted by atomic mass is 35.5. The lowest BCUT2D eigenvalue weighted by molar-refractivity contribution is 0.141. The molecule has 1 saturated heterocycles. The molecule has 2 rings (SSSR count). The molecule has 0 spiro atoms. The Balaban J connectivity index is 0.00000220. The fourth-order valence-electron chi connectivity index (χ4n) is 2.62. The van der Waals surface area contributed by atoms with Crippen molar-refractivity contribution in [1.29, 1.82) is 0 Å². The Kier molecular flexibility index (Phi) is 7.56. The maximum Gasteiger partial charge on any atom is 0.176 e. The van der Waals surface area contributed by atoms with Crippen molar-refractivity contribution in [1.82, 2.24) is 10.2 Å². The molecule has 0 saturated carbocycles. The van der Waals surface area contributed by atoms with Crippen LogP contribution >= 0.6 is 24.0 Å². The van der Waals surface area contributed by atoms with Crippen molar-refractivity contribution in [3.63, 3.8) is 0 Å². The number of nitrogens with zero attached hydrogens (tertiary/aromatic N) is 1. The summed E-state index contributed by atoms with van der Waals surface area (Å²) >= 11 is 6.06. The zero-order chi connectivity index (χ0) is 14.5. The number of phenolic OH excluding ortho intramolecular Hbond substituents is 1. The number of aromatic hydroxyl groups is 1. The lowest BCUT2D eigenvalue weighted by Crippen LogP contribution is -2.45. The number of nitrogens with one attached hydrogen (secondary N) is 1. The molecule has 1 aliphatic rings. The van der Waals surface area contributed by atoms with Crippen LogP contribution < -0.4 is 10.1 Å². The Hall–Kier alpha value is -0.720. The first-order valence-electron chi connectivity index (χ1n) is 6.79. The molecule has 1 aromatic carbocycles. The van der Waals surface area contributed by atoms with Gasteiger partial charge in [0.2, 0.25) is 0 Å². The van der Waals surface area contributed by atoms with Gasteiger partial charge in [0.1, 0.15) is 0 Å². The molecular formula is C14H22Cl2N2O3. The lowest BCUT2D eigenvalue weighted by Gasteiger charge is -2.35. The van der Waals surface area contributed by atoms with E-state index < -0.39 is 0 Å². The van der Waals surface area contributed by atoms with E-state index in [2.05, 4.69) is 10.2 Å². The van der Waals surface area contributed by atoms with Gasteiger partial charge in [0.05, 0.1) is 12.1 Å². The van der Waals surface area contributed by atoms with Gasteiger partial charge in [-0.1, -0.05) is 11.6 Å². The predicted octanol–water partition coefficient (Wildman–Crippen LogP) is 1.80. The summed E-state index contributed by atoms with van der Waals surface area (Å²) < 4.78 is 5.15. The first kappa shape index (κ1) is 18.3. The number of benzene rings is 1. The second-order valence-corrected chi connectivity index (χ2v) is 5.27. The topological polar surface area (TPSA) is 65.0 Å². The number of hydrogen-bond donors (Lipinski definition) is 3. The molecule has 0 aliphatic carbocycles. The van der Waals surface area contributed by atoms with Crippen molar-refractivity contribution in [2.24, 2.45) is 0 Å². The van der Waals surface area contributed by atoms with Crippen LogP contribution in [0.3, 0.4) is 0 Å². The summed E-state index contributed by atoms with van der Waals surface area (Å²) in [6.45, 7) is 3.82. The minimum absolute atomic E-state index is 0. The van der Waals surface area contributed by atoms with Crippen molar-refractivity contribution in [3.05, 3.63) is 22.7 Å². The number of aliphatic hydroxyl groups excluding tert-OH is 1. The summed E-state index contributed by atoms with van der Waals surface area (Å²) in [7, 11) is 1.50. The molecule has 1 aromatic rings. The van der Waals surface area contributed by atoms with Gasteiger partial charge in [0.15, 0.2) is 11.5 Å². The van der Waals surface area contributed by atoms with E-state index in [1.807, 2.05) is 0 Å². The van der Waals surface area contributed by atoms with Gasteiger partial charge in [-0.3, -0.25) is 4.90 Å². The van der Waals surface area contributed by atoms with Gasteiger partial charge in [0.25, 0.3) is 0 Å². The number of halogens is 2. The van der Waals surface area contributed by atoms with Crippen LogP contribution in [0.2, 0.25) is 5.02 Å². The van der Waals surface area contributed by atoms with Crippen molar-refractivity contribution < 1.29 is 14.9 Å². The highest BCUT2D eigenvalue weighted by molar-refractivity contribution is 6.32. The number of aliphatic hydroxyl groups is 1. The zero-order valence-electron chi connectivity index (χ0n) is 12.0. The molecular weight excluding hydrogens is 315 g/mol. The van der Waals surface area contributed by atoms with Gasteiger partial charge < -0.3 is 20.3 Å². The van der Waals surface area contributed by atoms with Gasteiger partial charge in [-0.25, -0.2) is 0 Å². The van der Waals surface area contributed by atoms with Crippen LogP contribution in [0.4, 0.5) is 0 Å². The third-order valence-corrected chi connectivity index (χ3v) is 3.94. The number of hydrogen-bond acceptors (Lipinski definition) is 5. The monoisotopic (exact) mass is 336 g/mol. The van der Waals surface area contributed by atoms with Gasteiger partial charge in [0, 0.05) is 38.8 Å². The van der Waals surface area contributed by atoms with Crippen LogP contribution in [0.15, 0.2) is 12.1 Å². The molecule has 120 valence electrons. The largest absolute Gasteiger partial charge is 0.503 e. The minimum Gasteiger partial charge on any atom is -0.503 e. The molecule has 0 aromatic heterocycles. The summed E-state index contributed by atoms with van der Waals surface area (Å²) in [6.07, 6.45) is 0.629. The molecule has 1 atom stereocenters. The van der Waals surface area contributed by atoms with Gasteiger partial charge in [-0.15, -0.1) is 12.4 Å². The lowest BCUT2D eigenvalue weighted by atomic mass is 10.0. The van der Waals surface area contributed by atoms with Crippen LogP contribution in [-0.2, 0) is 0 Å². The smallest absolute Gasteiger partial charge is 0.176 e. The minimum atomic E-state index is -0.0408. The Bertz CT molecular complexity index is 454. The maximum atomic E-state index is 9.81. The average molecular weight is 337 g/mol. The molecule has 7 heteroatoms. The number of rotatable bonds is 5. The van der Waals surface area contributed by atoms with Crippen LogP contribution in [0.1, 0.15) is 18.0 Å². The molecule has 0 radical (unpaired) electrons. The summed E-state index contributed by atoms with van der Waals surface area (Å²) in [4.78, 5) is 2.31. The van der Waals surface area contributed by atoms with Gasteiger partial charge in [-0.05, 0) is 24.1 Å². The average Bonchev–Trinajstić information content (AvgIpc) is 2.48. The maximum absolute atomic E-state index is 9.81. The molecule has 5 nitrogen and oxygen atoms in total. The van der Waals surface area contributed by atoms with Crippen LogP contribution in [0.5, 0.6) is 11.5 Å². The third-order valence-electron chi connectivity index (χ3n) is 3.65. The third kappa shape index (κ3) is 4.37. The molecule has 0 unspecified atom stereocenters. The Morgan fingerprint density at radius 2 is 2.05 bits per heavy atom. The highest BCUT2D eigenvalue weighted by Gasteiger charge is 2.23. The quantitative estimate of drug-likeness (QED) is 0.765. The first-order valence-corrected chi connectivity index (χ1v) is 7.17. The fraction of sp³-hybridized carbons (Fsp3) is 0.571. The Labute approximate surface area is 136 Å². The second kappa shape index (κ2) is 8.66. The van der Waals surface area contributed by atoms with E-state index >= 15 is 0 Å². The standard InChI is InChI=1S/C14H21ClN2O3.ClH/c1-20-13-9-10(8-11(15)14(13)19)12(2-7-18)17-5-3-16-4-6-17;/h8-9,12,16,18-19H,2-7H2,1H3;1H/t12-;/m0./s1. The summed E-state index contributed by atoms with van der Waals surface area (Å²) in [5, 5.41) is 22.7. The van der Waals surface area contributed by atoms with Crippen molar-refractivity contribution >= 4 is 24.0 Å². The molecule has 1 heterocycles. The number of piperazine rings is 1. The Morgan fingerprint density at radius 1 is 1.38 bits per heavy atom. The van der Waals surface area contributed by atoms with Gasteiger partial charge >= 0.3 is 0 Å². The molecule has 1 fully saturated rings. The van der Waals surface area contributed by atoms with E-state index in [1.165, 1.54) is 7.11 Å². The van der Waals surface area contributed by atoms with E-state index in [-0.39, 0.29) is 35.8 Å². The number of ether oxygens (including phenoxy) is 1. The fourth-order valence-corrected chi connectivity index (χ4v) is 2.84. The molecule has 21 heavy (non-hydrogen) atoms. The van der Waals surface area contributed by atoms with E-state index in [0.29, 0.717) is 12.2 Å². The van der Waals surface area contributed by atoms with Crippen molar-refractivity contribution in [3.8, 4) is 11.5 Å². The van der Waals surface area contributed by atoms with Crippen LogP contribution in [0.25, 0.3) is 0 Å². The van der Waals surface area contributed by atoms with Crippen molar-refractivity contribution in [2.45, 2.75) is 12.5 Å². The van der Waals surface area contributed by atoms with E-state index in [9.17, 15) is 10.2 Å². The molecule has 0 amide bonds. The predicted molar refractivity (Wildman–Crippen MR) is 85.8 cm³/mol. The van der Waals surface area contributed by atoms with E-state index in [4.69, 9.17) is 16.3 Å². The SMILES string of the molecule is COc1cc([C@H](CCO)N2CCNCC2)cc(Cl)c1O.Cl. The summed E-state index contributed by atoms with van der Waals surface area (Å²) in [6, 6.07) is 3.62. The molecule has 3 N–H and O–H groups in total. The second-order valence-electron chi connectivity index (χ2n) is 4.87. The highest BCUT2D eigenvalue weighted by Crippen LogP contribution is 2.38. The van der Waals surface area contributed by atoms with Gasteiger partial charge in [-0.2, -0.15) is 0 Å². The summed E-state index contributed by atoms with van der Waals surface area (Å²) in [5.74, 6) is 0.326. The number of methoxy groups -OCH3 is 1. The first-order chi connectivity index (χ1) is 9.67.